The van der Waals surface area contributed by atoms with E-state index >= 15 is 0 Å². The number of hydrogen-bond acceptors (Lipinski definition) is 18. The minimum Gasteiger partial charge on any atom is -0.465 e. The zero-order valence-electron chi connectivity index (χ0n) is 31.1. The molecule has 1 spiro atoms. The van der Waals surface area contributed by atoms with E-state index in [0.717, 1.165) is 41.5 Å². The molecule has 0 aromatic carbocycles. The number of carbonyl (C=O) groups excluding carboxylic acids is 7. The number of aliphatic hydroxyl groups is 2. The number of esters is 7. The molecule has 18 nitrogen and oxygen atoms in total. The van der Waals surface area contributed by atoms with Crippen molar-refractivity contribution in [3.63, 3.8) is 0 Å². The van der Waals surface area contributed by atoms with Crippen LogP contribution in [0, 0.1) is 17.3 Å². The predicted octanol–water partition coefficient (Wildman–Crippen LogP) is 0.292. The number of ether oxygens (including phenoxy) is 8. The molecule has 18 heteroatoms. The van der Waals surface area contributed by atoms with Crippen LogP contribution in [0.4, 0.5) is 0 Å². The lowest BCUT2D eigenvalue weighted by Crippen LogP contribution is -2.89. The number of fused-ring (bicyclic) bond motifs is 5. The lowest BCUT2D eigenvalue weighted by atomic mass is 9.45. The largest absolute Gasteiger partial charge is 0.465 e. The minimum atomic E-state index is -2.76. The lowest BCUT2D eigenvalue weighted by molar-refractivity contribution is -0.386. The van der Waals surface area contributed by atoms with Gasteiger partial charge in [-0.1, -0.05) is 6.92 Å². The molecule has 4 aliphatic rings. The quantitative estimate of drug-likeness (QED) is 0.292. The number of aromatic nitrogens is 1. The van der Waals surface area contributed by atoms with Gasteiger partial charge in [-0.3, -0.25) is 33.8 Å². The van der Waals surface area contributed by atoms with E-state index in [2.05, 4.69) is 4.98 Å². The minimum absolute atomic E-state index is 0.0434. The van der Waals surface area contributed by atoms with E-state index in [1.54, 1.807) is 0 Å². The van der Waals surface area contributed by atoms with E-state index in [9.17, 15) is 43.8 Å². The number of carbonyl (C=O) groups is 7. The van der Waals surface area contributed by atoms with Crippen LogP contribution in [0.2, 0.25) is 0 Å². The predicted molar refractivity (Wildman–Crippen MR) is 176 cm³/mol. The van der Waals surface area contributed by atoms with Crippen LogP contribution in [-0.2, 0) is 73.1 Å². The highest BCUT2D eigenvalue weighted by Crippen LogP contribution is 2.70. The van der Waals surface area contributed by atoms with Crippen LogP contribution in [0.15, 0.2) is 18.3 Å². The molecule has 3 fully saturated rings. The van der Waals surface area contributed by atoms with E-state index in [1.807, 2.05) is 0 Å². The van der Waals surface area contributed by atoms with Crippen molar-refractivity contribution in [2.24, 2.45) is 17.3 Å². The highest BCUT2D eigenvalue weighted by molar-refractivity contribution is 5.90. The second-order valence-corrected chi connectivity index (χ2v) is 14.7. The molecule has 54 heavy (non-hydrogen) atoms. The molecule has 12 atom stereocenters. The van der Waals surface area contributed by atoms with Crippen LogP contribution >= 0.6 is 0 Å². The number of rotatable bonds is 6. The van der Waals surface area contributed by atoms with Crippen LogP contribution < -0.4 is 0 Å². The van der Waals surface area contributed by atoms with Gasteiger partial charge in [-0.25, -0.2) is 4.79 Å². The second-order valence-electron chi connectivity index (χ2n) is 14.7. The fraction of sp³-hybridized carbons (Fsp3) is 0.667. The van der Waals surface area contributed by atoms with Crippen molar-refractivity contribution in [2.45, 2.75) is 122 Å². The first kappa shape index (κ1) is 40.5. The average Bonchev–Trinajstić information content (AvgIpc) is 3.29. The summed E-state index contributed by atoms with van der Waals surface area (Å²) in [5, 5.41) is 25.4. The van der Waals surface area contributed by atoms with Crippen LogP contribution in [0.25, 0.3) is 0 Å². The Kier molecular flexibility index (Phi) is 10.9. The van der Waals surface area contributed by atoms with Gasteiger partial charge in [-0.05, 0) is 38.8 Å². The number of pyridine rings is 1. The Bertz CT molecular complexity index is 1730. The lowest BCUT2D eigenvalue weighted by Gasteiger charge is -2.67. The van der Waals surface area contributed by atoms with Crippen molar-refractivity contribution < 1.29 is 81.7 Å². The van der Waals surface area contributed by atoms with Crippen LogP contribution in [0.1, 0.15) is 77.9 Å². The third kappa shape index (κ3) is 6.46. The molecule has 1 saturated heterocycles. The molecule has 0 unspecified atom stereocenters. The van der Waals surface area contributed by atoms with E-state index in [0.29, 0.717) is 0 Å². The van der Waals surface area contributed by atoms with Gasteiger partial charge in [0.15, 0.2) is 17.8 Å². The van der Waals surface area contributed by atoms with E-state index < -0.39 is 126 Å². The Morgan fingerprint density at radius 3 is 2.07 bits per heavy atom. The summed E-state index contributed by atoms with van der Waals surface area (Å²) in [4.78, 5) is 96.6. The van der Waals surface area contributed by atoms with Crippen LogP contribution in [-0.4, -0.2) is 124 Å². The van der Waals surface area contributed by atoms with Gasteiger partial charge < -0.3 is 48.1 Å². The van der Waals surface area contributed by atoms with Gasteiger partial charge in [-0.2, -0.15) is 0 Å². The molecular formula is C36H45NO17. The summed E-state index contributed by atoms with van der Waals surface area (Å²) in [6.07, 6.45) is -10.3. The summed E-state index contributed by atoms with van der Waals surface area (Å²) in [6, 6.07) is 2.96. The zero-order valence-corrected chi connectivity index (χ0v) is 31.1. The van der Waals surface area contributed by atoms with Crippen LogP contribution in [0.3, 0.4) is 0 Å². The van der Waals surface area contributed by atoms with E-state index in [4.69, 9.17) is 37.9 Å². The Morgan fingerprint density at radius 2 is 1.48 bits per heavy atom. The second kappa shape index (κ2) is 14.5. The van der Waals surface area contributed by atoms with Crippen molar-refractivity contribution in [1.29, 1.82) is 0 Å². The van der Waals surface area contributed by atoms with Gasteiger partial charge in [0.25, 0.3) is 0 Å². The normalized spacial score (nSPS) is 38.6. The summed E-state index contributed by atoms with van der Waals surface area (Å²) in [5.41, 5.74) is -9.68. The van der Waals surface area contributed by atoms with Gasteiger partial charge in [-0.15, -0.1) is 0 Å². The van der Waals surface area contributed by atoms with Gasteiger partial charge in [0.2, 0.25) is 0 Å². The van der Waals surface area contributed by atoms with E-state index in [-0.39, 0.29) is 24.1 Å². The Balaban J connectivity index is 1.94. The number of nitrogens with zero attached hydrogens (tertiary/aromatic N) is 1. The maximum Gasteiger partial charge on any atom is 0.340 e. The number of hydrogen-bond donors (Lipinski definition) is 2. The smallest absolute Gasteiger partial charge is 0.340 e. The van der Waals surface area contributed by atoms with Gasteiger partial charge in [0.05, 0.1) is 23.1 Å². The van der Waals surface area contributed by atoms with Crippen molar-refractivity contribution in [1.82, 2.24) is 4.98 Å². The maximum absolute atomic E-state index is 13.9. The monoisotopic (exact) mass is 763 g/mol. The van der Waals surface area contributed by atoms with Crippen molar-refractivity contribution in [3.8, 4) is 0 Å². The van der Waals surface area contributed by atoms with Crippen molar-refractivity contribution in [3.05, 3.63) is 29.6 Å². The summed E-state index contributed by atoms with van der Waals surface area (Å²) in [5.74, 6) is -9.27. The Morgan fingerprint density at radius 1 is 0.889 bits per heavy atom. The van der Waals surface area contributed by atoms with Crippen LogP contribution in [0.5, 0.6) is 0 Å². The van der Waals surface area contributed by atoms with Gasteiger partial charge in [0.1, 0.15) is 54.2 Å². The van der Waals surface area contributed by atoms with Crippen molar-refractivity contribution in [2.75, 3.05) is 13.2 Å². The topological polar surface area (TPSA) is 247 Å². The number of aliphatic hydroxyl groups excluding tert-OH is 1. The highest BCUT2D eigenvalue weighted by Gasteiger charge is 2.91. The molecule has 4 bridgehead atoms. The SMILES string of the molecule is CC(=O)OC[C@]12[C@H](OC(C)=O)[C@H](OC(C)=O)[C@@H]3[C@@H](OC(C)=O)[C@@]14O[C@@]3(C)COC(=O)c1cccnc1CC[C@H](C)C(=O)O[C@@H]([C@H](O)[C@@H]2OC(C)=O)[C@]4(C)O. The molecule has 0 radical (unpaired) electrons. The molecule has 2 N–H and O–H groups in total. The summed E-state index contributed by atoms with van der Waals surface area (Å²) in [7, 11) is 0. The molecule has 0 amide bonds. The molecule has 1 aromatic rings. The Labute approximate surface area is 310 Å². The summed E-state index contributed by atoms with van der Waals surface area (Å²) in [6.45, 7) is 7.26. The molecule has 2 aliphatic carbocycles. The first-order chi connectivity index (χ1) is 25.1. The molecule has 2 saturated carbocycles. The fourth-order valence-electron chi connectivity index (χ4n) is 8.87. The van der Waals surface area contributed by atoms with E-state index in [1.165, 1.54) is 32.2 Å². The molecule has 3 heterocycles. The standard InChI is InChI=1S/C36H45NO17/c1-16-11-12-23-22(10-9-13-37-23)32(45)48-14-33(7)24-26(49-18(3)39)30(52-21(6)42)35(15-47-17(2)38)29(51-20(5)41)25(43)28(53-31(16)44)34(8,46)36(35,54-33)27(24)50-19(4)40/h9-10,13,16,24-30,43,46H,11-12,14-15H2,1-8H3/t16-,24+,25-,26+,27+,28-,29-,30+,33-,34-,35-,36-/m0/s1. The number of aryl methyl sites for hydroxylation is 1. The average molecular weight is 764 g/mol. The fourth-order valence-corrected chi connectivity index (χ4v) is 8.87. The molecule has 2 aliphatic heterocycles. The maximum atomic E-state index is 13.9. The summed E-state index contributed by atoms with van der Waals surface area (Å²) < 4.78 is 47.7. The van der Waals surface area contributed by atoms with Crippen molar-refractivity contribution >= 4 is 41.8 Å². The Hall–Kier alpha value is -4.68. The number of cyclic esters (lactones) is 1. The van der Waals surface area contributed by atoms with Gasteiger partial charge >= 0.3 is 41.8 Å². The molecule has 1 aromatic heterocycles. The summed E-state index contributed by atoms with van der Waals surface area (Å²) >= 11 is 0. The molecular weight excluding hydrogens is 718 g/mol. The highest BCUT2D eigenvalue weighted by atomic mass is 16.7. The third-order valence-corrected chi connectivity index (χ3v) is 10.9. The first-order valence-electron chi connectivity index (χ1n) is 17.4. The molecule has 5 rings (SSSR count). The first-order valence-corrected chi connectivity index (χ1v) is 17.4. The third-order valence-electron chi connectivity index (χ3n) is 10.9. The molecule has 296 valence electrons. The van der Waals surface area contributed by atoms with Gasteiger partial charge in [0, 0.05) is 40.8 Å². The zero-order chi connectivity index (χ0) is 40.1.